The highest BCUT2D eigenvalue weighted by molar-refractivity contribution is 6.00. The lowest BCUT2D eigenvalue weighted by molar-refractivity contribution is -0.132. The molecule has 1 aliphatic rings. The summed E-state index contributed by atoms with van der Waals surface area (Å²) < 4.78 is 0. The summed E-state index contributed by atoms with van der Waals surface area (Å²) in [6.45, 7) is 1.99. The predicted octanol–water partition coefficient (Wildman–Crippen LogP) is 1.52. The third-order valence-corrected chi connectivity index (χ3v) is 2.69. The van der Waals surface area contributed by atoms with Crippen LogP contribution in [0.15, 0.2) is 24.3 Å². The monoisotopic (exact) mass is 203 g/mol. The molecule has 1 aromatic carbocycles. The average molecular weight is 203 g/mol. The Hall–Kier alpha value is -1.64. The summed E-state index contributed by atoms with van der Waals surface area (Å²) in [6.07, 6.45) is 0.443. The van der Waals surface area contributed by atoms with Gasteiger partial charge in [0.1, 0.15) is 5.78 Å². The van der Waals surface area contributed by atoms with Gasteiger partial charge in [-0.25, -0.2) is 0 Å². The minimum atomic E-state index is -0.167. The molecule has 0 aliphatic carbocycles. The van der Waals surface area contributed by atoms with Crippen molar-refractivity contribution in [3.05, 3.63) is 35.4 Å². The highest BCUT2D eigenvalue weighted by atomic mass is 16.2. The Morgan fingerprint density at radius 3 is 2.67 bits per heavy atom. The van der Waals surface area contributed by atoms with E-state index >= 15 is 0 Å². The lowest BCUT2D eigenvalue weighted by Gasteiger charge is -2.24. The summed E-state index contributed by atoms with van der Waals surface area (Å²) >= 11 is 0. The zero-order valence-corrected chi connectivity index (χ0v) is 8.62. The average Bonchev–Trinajstić information content (AvgIpc) is 2.16. The van der Waals surface area contributed by atoms with Crippen LogP contribution in [0.3, 0.4) is 0 Å². The number of nitrogens with one attached hydrogen (secondary N) is 1. The number of aryl methyl sites for hydroxylation is 1. The first-order valence-electron chi connectivity index (χ1n) is 5.03. The predicted molar refractivity (Wildman–Crippen MR) is 56.3 cm³/mol. The van der Waals surface area contributed by atoms with Crippen LogP contribution >= 0.6 is 0 Å². The highest BCUT2D eigenvalue weighted by Gasteiger charge is 2.26. The first-order valence-corrected chi connectivity index (χ1v) is 5.03. The molecule has 78 valence electrons. The van der Waals surface area contributed by atoms with Crippen molar-refractivity contribution in [3.63, 3.8) is 0 Å². The highest BCUT2D eigenvalue weighted by Crippen LogP contribution is 2.23. The summed E-state index contributed by atoms with van der Waals surface area (Å²) in [5, 5.41) is 2.84. The summed E-state index contributed by atoms with van der Waals surface area (Å²) in [5.74, 6) is -0.147. The van der Waals surface area contributed by atoms with Crippen LogP contribution in [0, 0.1) is 6.92 Å². The molecular weight excluding hydrogens is 190 g/mol. The van der Waals surface area contributed by atoms with Gasteiger partial charge in [0.05, 0.1) is 12.5 Å². The summed E-state index contributed by atoms with van der Waals surface area (Å²) in [6, 6.07) is 7.68. The minimum absolute atomic E-state index is 0.0204. The zero-order valence-electron chi connectivity index (χ0n) is 8.62. The molecule has 15 heavy (non-hydrogen) atoms. The van der Waals surface area contributed by atoms with Crippen molar-refractivity contribution in [3.8, 4) is 0 Å². The Morgan fingerprint density at radius 1 is 1.27 bits per heavy atom. The molecule has 0 radical (unpaired) electrons. The molecule has 1 fully saturated rings. The molecule has 1 aromatic rings. The van der Waals surface area contributed by atoms with Gasteiger partial charge in [-0.05, 0) is 18.1 Å². The first kappa shape index (κ1) is 9.90. The molecule has 1 atom stereocenters. The van der Waals surface area contributed by atoms with Gasteiger partial charge >= 0.3 is 0 Å². The van der Waals surface area contributed by atoms with E-state index in [2.05, 4.69) is 5.32 Å². The van der Waals surface area contributed by atoms with Crippen LogP contribution in [0.2, 0.25) is 0 Å². The Labute approximate surface area is 88.5 Å². The summed E-state index contributed by atoms with van der Waals surface area (Å²) in [5.41, 5.74) is 2.15. The third-order valence-electron chi connectivity index (χ3n) is 2.69. The van der Waals surface area contributed by atoms with E-state index in [1.165, 1.54) is 0 Å². The van der Waals surface area contributed by atoms with Gasteiger partial charge in [-0.3, -0.25) is 9.59 Å². The van der Waals surface area contributed by atoms with Gasteiger partial charge in [0.2, 0.25) is 5.91 Å². The maximum Gasteiger partial charge on any atom is 0.227 e. The minimum Gasteiger partial charge on any atom is -0.348 e. The topological polar surface area (TPSA) is 46.2 Å². The van der Waals surface area contributed by atoms with Crippen LogP contribution in [0.25, 0.3) is 0 Å². The van der Waals surface area contributed by atoms with Crippen molar-refractivity contribution in [2.45, 2.75) is 25.8 Å². The van der Waals surface area contributed by atoms with E-state index < -0.39 is 0 Å². The number of hydrogen-bond acceptors (Lipinski definition) is 2. The number of piperidine rings is 1. The van der Waals surface area contributed by atoms with Crippen LogP contribution < -0.4 is 5.32 Å². The van der Waals surface area contributed by atoms with Gasteiger partial charge in [-0.2, -0.15) is 0 Å². The van der Waals surface area contributed by atoms with Crippen LogP contribution in [0.5, 0.6) is 0 Å². The molecule has 3 nitrogen and oxygen atoms in total. The second kappa shape index (κ2) is 3.85. The quantitative estimate of drug-likeness (QED) is 0.703. The second-order valence-electron chi connectivity index (χ2n) is 3.90. The van der Waals surface area contributed by atoms with Crippen molar-refractivity contribution in [2.75, 3.05) is 0 Å². The van der Waals surface area contributed by atoms with Gasteiger partial charge in [-0.15, -0.1) is 0 Å². The fourth-order valence-corrected chi connectivity index (χ4v) is 1.94. The van der Waals surface area contributed by atoms with Gasteiger partial charge in [-0.1, -0.05) is 24.3 Å². The van der Waals surface area contributed by atoms with Crippen LogP contribution in [0.1, 0.15) is 30.0 Å². The molecule has 1 aliphatic heterocycles. The number of rotatable bonds is 1. The van der Waals surface area contributed by atoms with E-state index in [1.807, 2.05) is 31.2 Å². The SMILES string of the molecule is Cc1ccccc1C1CC(=O)CC(=O)N1. The number of carbonyl (C=O) groups is 2. The number of carbonyl (C=O) groups excluding carboxylic acids is 2. The lowest BCUT2D eigenvalue weighted by Crippen LogP contribution is -2.37. The third kappa shape index (κ3) is 2.06. The van der Waals surface area contributed by atoms with Gasteiger partial charge in [0.15, 0.2) is 0 Å². The molecule has 0 saturated carbocycles. The number of Topliss-reactive ketones (excluding diaryl/α,β-unsaturated/α-hetero) is 1. The molecule has 2 rings (SSSR count). The molecule has 0 aromatic heterocycles. The van der Waals surface area contributed by atoms with Crippen LogP contribution in [-0.2, 0) is 9.59 Å². The zero-order chi connectivity index (χ0) is 10.8. The van der Waals surface area contributed by atoms with Crippen molar-refractivity contribution in [2.24, 2.45) is 0 Å². The van der Waals surface area contributed by atoms with Crippen LogP contribution in [-0.4, -0.2) is 11.7 Å². The lowest BCUT2D eigenvalue weighted by atomic mass is 9.93. The summed E-state index contributed by atoms with van der Waals surface area (Å²) in [7, 11) is 0. The van der Waals surface area contributed by atoms with Gasteiger partial charge in [0.25, 0.3) is 0 Å². The van der Waals surface area contributed by atoms with Gasteiger partial charge < -0.3 is 5.32 Å². The van der Waals surface area contributed by atoms with Crippen molar-refractivity contribution in [1.82, 2.24) is 5.32 Å². The smallest absolute Gasteiger partial charge is 0.227 e. The fourth-order valence-electron chi connectivity index (χ4n) is 1.94. The number of benzene rings is 1. The normalized spacial score (nSPS) is 21.3. The molecule has 3 heteroatoms. The maximum absolute atomic E-state index is 11.3. The first-order chi connectivity index (χ1) is 7.16. The van der Waals surface area contributed by atoms with E-state index in [1.54, 1.807) is 0 Å². The number of hydrogen-bond donors (Lipinski definition) is 1. The molecule has 1 heterocycles. The second-order valence-corrected chi connectivity index (χ2v) is 3.90. The number of amides is 1. The summed E-state index contributed by atoms with van der Waals surface area (Å²) in [4.78, 5) is 22.5. The molecule has 1 saturated heterocycles. The fraction of sp³-hybridized carbons (Fsp3) is 0.333. The van der Waals surface area contributed by atoms with E-state index in [-0.39, 0.29) is 24.2 Å². The van der Waals surface area contributed by atoms with Crippen LogP contribution in [0.4, 0.5) is 0 Å². The van der Waals surface area contributed by atoms with Crippen molar-refractivity contribution < 1.29 is 9.59 Å². The van der Waals surface area contributed by atoms with Crippen molar-refractivity contribution in [1.29, 1.82) is 0 Å². The Morgan fingerprint density at radius 2 is 2.00 bits per heavy atom. The number of ketones is 1. The molecule has 1 amide bonds. The van der Waals surface area contributed by atoms with Crippen molar-refractivity contribution >= 4 is 11.7 Å². The molecule has 0 bridgehead atoms. The van der Waals surface area contributed by atoms with E-state index in [0.29, 0.717) is 6.42 Å². The Kier molecular flexibility index (Phi) is 2.54. The Balaban J connectivity index is 2.27. The molecule has 1 N–H and O–H groups in total. The van der Waals surface area contributed by atoms with Gasteiger partial charge in [0, 0.05) is 6.42 Å². The Bertz CT molecular complexity index is 396. The largest absolute Gasteiger partial charge is 0.348 e. The van der Waals surface area contributed by atoms with E-state index in [4.69, 9.17) is 0 Å². The van der Waals surface area contributed by atoms with E-state index in [0.717, 1.165) is 11.1 Å². The molecule has 1 unspecified atom stereocenters. The van der Waals surface area contributed by atoms with E-state index in [9.17, 15) is 9.59 Å². The standard InChI is InChI=1S/C12H13NO2/c1-8-4-2-3-5-10(8)11-6-9(14)7-12(15)13-11/h2-5,11H,6-7H2,1H3,(H,13,15). The molecule has 0 spiro atoms. The maximum atomic E-state index is 11.3. The molecular formula is C12H13NO2.